The third-order valence-electron chi connectivity index (χ3n) is 12.0. The molecule has 0 N–H and O–H groups in total. The van der Waals surface area contributed by atoms with Gasteiger partial charge in [-0.2, -0.15) is 0 Å². The van der Waals surface area contributed by atoms with Crippen LogP contribution in [0, 0.1) is 0 Å². The number of nitrogens with zero attached hydrogens (tertiary/aromatic N) is 1. The van der Waals surface area contributed by atoms with E-state index in [4.69, 9.17) is 4.42 Å². The number of para-hydroxylation sites is 2. The zero-order valence-corrected chi connectivity index (χ0v) is 33.9. The minimum atomic E-state index is 0.899. The lowest BCUT2D eigenvalue weighted by molar-refractivity contribution is 0.670. The van der Waals surface area contributed by atoms with Crippen LogP contribution >= 0.6 is 11.3 Å². The molecule has 0 aliphatic rings. The highest BCUT2D eigenvalue weighted by molar-refractivity contribution is 7.26. The summed E-state index contributed by atoms with van der Waals surface area (Å²) in [7, 11) is 0. The molecule has 2 aromatic heterocycles. The van der Waals surface area contributed by atoms with E-state index in [2.05, 4.69) is 217 Å². The van der Waals surface area contributed by atoms with E-state index in [0.29, 0.717) is 0 Å². The van der Waals surface area contributed by atoms with Crippen LogP contribution in [0.2, 0.25) is 0 Å². The smallest absolute Gasteiger partial charge is 0.143 e. The topological polar surface area (TPSA) is 16.4 Å². The number of benzene rings is 10. The summed E-state index contributed by atoms with van der Waals surface area (Å²) in [5, 5.41) is 7.37. The first kappa shape index (κ1) is 35.2. The van der Waals surface area contributed by atoms with Gasteiger partial charge in [-0.05, 0) is 110 Å². The Balaban J connectivity index is 0.975. The summed E-state index contributed by atoms with van der Waals surface area (Å²) in [5.74, 6) is 0. The Morgan fingerprint density at radius 2 is 0.902 bits per heavy atom. The number of hydrogen-bond acceptors (Lipinski definition) is 3. The fourth-order valence-corrected chi connectivity index (χ4v) is 10.3. The lowest BCUT2D eigenvalue weighted by atomic mass is 9.97. The number of furan rings is 1. The van der Waals surface area contributed by atoms with Gasteiger partial charge in [-0.1, -0.05) is 164 Å². The first-order valence-electron chi connectivity index (χ1n) is 20.7. The molecule has 10 aromatic carbocycles. The highest BCUT2D eigenvalue weighted by Crippen LogP contribution is 2.43. The van der Waals surface area contributed by atoms with Crippen molar-refractivity contribution >= 4 is 81.3 Å². The monoisotopic (exact) mass is 795 g/mol. The molecule has 0 aliphatic carbocycles. The summed E-state index contributed by atoms with van der Waals surface area (Å²) in [6, 6.07) is 81.2. The van der Waals surface area contributed by atoms with Gasteiger partial charge in [0.05, 0.1) is 0 Å². The molecule has 61 heavy (non-hydrogen) atoms. The van der Waals surface area contributed by atoms with Crippen molar-refractivity contribution in [3.05, 3.63) is 224 Å². The van der Waals surface area contributed by atoms with E-state index in [1.807, 2.05) is 23.5 Å². The van der Waals surface area contributed by atoms with E-state index in [9.17, 15) is 0 Å². The predicted molar refractivity (Wildman–Crippen MR) is 261 cm³/mol. The normalized spacial score (nSPS) is 11.6. The fraction of sp³-hybridized carbons (Fsp3) is 0. The molecular formula is C58H37NOS. The molecule has 0 radical (unpaired) electrons. The summed E-state index contributed by atoms with van der Waals surface area (Å²) in [5.41, 5.74) is 14.4. The molecule has 0 aliphatic heterocycles. The van der Waals surface area contributed by atoms with Crippen molar-refractivity contribution in [1.82, 2.24) is 0 Å². The van der Waals surface area contributed by atoms with Crippen LogP contribution in [0.25, 0.3) is 97.4 Å². The maximum absolute atomic E-state index is 6.52. The molecule has 0 saturated heterocycles. The molecule has 286 valence electrons. The molecule has 2 heterocycles. The fourth-order valence-electron chi connectivity index (χ4n) is 9.07. The van der Waals surface area contributed by atoms with Crippen LogP contribution in [-0.2, 0) is 0 Å². The number of anilines is 3. The van der Waals surface area contributed by atoms with Gasteiger partial charge in [-0.3, -0.25) is 0 Å². The molecule has 0 spiro atoms. The van der Waals surface area contributed by atoms with Gasteiger partial charge in [0.2, 0.25) is 0 Å². The second-order valence-electron chi connectivity index (χ2n) is 15.7. The molecule has 0 amide bonds. The van der Waals surface area contributed by atoms with E-state index in [1.165, 1.54) is 58.8 Å². The summed E-state index contributed by atoms with van der Waals surface area (Å²) in [6.45, 7) is 0. The lowest BCUT2D eigenvalue weighted by Crippen LogP contribution is -2.10. The second kappa shape index (κ2) is 14.5. The predicted octanol–water partition coefficient (Wildman–Crippen LogP) is 17.2. The van der Waals surface area contributed by atoms with Crippen molar-refractivity contribution in [2.24, 2.45) is 0 Å². The molecular weight excluding hydrogens is 759 g/mol. The lowest BCUT2D eigenvalue weighted by Gasteiger charge is -2.27. The SMILES string of the molecule is c1cc(-c2cccc(N(c3ccc(-c4ccc5ccccc5c4)cc3)c3cccc(-c4cccc5c4oc4ccccc45)c3)c2)cc(-c2cccc3c2sc2ccccc23)c1. The van der Waals surface area contributed by atoms with Crippen LogP contribution < -0.4 is 4.90 Å². The van der Waals surface area contributed by atoms with Crippen molar-refractivity contribution in [1.29, 1.82) is 0 Å². The summed E-state index contributed by atoms with van der Waals surface area (Å²) in [4.78, 5) is 2.37. The maximum Gasteiger partial charge on any atom is 0.143 e. The van der Waals surface area contributed by atoms with Crippen LogP contribution in [-0.4, -0.2) is 0 Å². The number of fused-ring (bicyclic) bond motifs is 7. The zero-order valence-electron chi connectivity index (χ0n) is 33.1. The average molecular weight is 796 g/mol. The highest BCUT2D eigenvalue weighted by Gasteiger charge is 2.18. The van der Waals surface area contributed by atoms with Crippen molar-refractivity contribution in [3.63, 3.8) is 0 Å². The summed E-state index contributed by atoms with van der Waals surface area (Å²) < 4.78 is 9.16. The van der Waals surface area contributed by atoms with Crippen LogP contribution in [0.15, 0.2) is 229 Å². The van der Waals surface area contributed by atoms with Crippen LogP contribution in [0.5, 0.6) is 0 Å². The third-order valence-corrected chi connectivity index (χ3v) is 13.3. The Bertz CT molecular complexity index is 3610. The van der Waals surface area contributed by atoms with E-state index in [0.717, 1.165) is 55.7 Å². The molecule has 0 bridgehead atoms. The minimum absolute atomic E-state index is 0.899. The highest BCUT2D eigenvalue weighted by atomic mass is 32.1. The molecule has 12 rings (SSSR count). The standard InChI is InChI=1S/C58H37NOS/c1-2-13-40-34-43(29-28-38(40)12-1)39-30-32-46(33-31-39)59(48-19-9-17-45(37-48)49-22-10-24-53-51-20-3-5-26-55(51)60-57(49)53)47-18-8-15-42(36-47)41-14-7-16-44(35-41)50-23-11-25-54-52-21-4-6-27-56(52)61-58(50)54/h1-37H. The largest absolute Gasteiger partial charge is 0.455 e. The van der Waals surface area contributed by atoms with E-state index in [1.54, 1.807) is 0 Å². The molecule has 0 saturated carbocycles. The molecule has 3 heteroatoms. The van der Waals surface area contributed by atoms with Gasteiger partial charge in [0.25, 0.3) is 0 Å². The first-order valence-corrected chi connectivity index (χ1v) is 21.5. The Hall–Kier alpha value is -7.72. The quantitative estimate of drug-likeness (QED) is 0.160. The van der Waals surface area contributed by atoms with E-state index in [-0.39, 0.29) is 0 Å². The van der Waals surface area contributed by atoms with Gasteiger partial charge in [0.15, 0.2) is 0 Å². The zero-order chi connectivity index (χ0) is 40.3. The number of hydrogen-bond donors (Lipinski definition) is 0. The van der Waals surface area contributed by atoms with Crippen LogP contribution in [0.1, 0.15) is 0 Å². The molecule has 0 fully saturated rings. The Morgan fingerprint density at radius 3 is 1.74 bits per heavy atom. The van der Waals surface area contributed by atoms with Gasteiger partial charge in [0, 0.05) is 53.6 Å². The Labute approximate surface area is 357 Å². The van der Waals surface area contributed by atoms with Gasteiger partial charge in [-0.15, -0.1) is 11.3 Å². The second-order valence-corrected chi connectivity index (χ2v) is 16.7. The van der Waals surface area contributed by atoms with E-state index >= 15 is 0 Å². The van der Waals surface area contributed by atoms with Crippen LogP contribution in [0.3, 0.4) is 0 Å². The van der Waals surface area contributed by atoms with Crippen molar-refractivity contribution in [3.8, 4) is 44.5 Å². The minimum Gasteiger partial charge on any atom is -0.455 e. The Morgan fingerprint density at radius 1 is 0.328 bits per heavy atom. The maximum atomic E-state index is 6.52. The summed E-state index contributed by atoms with van der Waals surface area (Å²) >= 11 is 1.87. The van der Waals surface area contributed by atoms with Crippen molar-refractivity contribution < 1.29 is 4.42 Å². The molecule has 2 nitrogen and oxygen atoms in total. The third kappa shape index (κ3) is 6.18. The van der Waals surface area contributed by atoms with Gasteiger partial charge >= 0.3 is 0 Å². The van der Waals surface area contributed by atoms with Crippen LogP contribution in [0.4, 0.5) is 17.1 Å². The Kier molecular flexibility index (Phi) is 8.39. The van der Waals surface area contributed by atoms with Gasteiger partial charge < -0.3 is 9.32 Å². The van der Waals surface area contributed by atoms with Gasteiger partial charge in [0.1, 0.15) is 11.2 Å². The van der Waals surface area contributed by atoms with E-state index < -0.39 is 0 Å². The van der Waals surface area contributed by atoms with Crippen molar-refractivity contribution in [2.75, 3.05) is 4.90 Å². The molecule has 0 unspecified atom stereocenters. The number of thiophene rings is 1. The molecule has 0 atom stereocenters. The van der Waals surface area contributed by atoms with Crippen molar-refractivity contribution in [2.45, 2.75) is 0 Å². The first-order chi connectivity index (χ1) is 30.2. The number of rotatable bonds is 7. The average Bonchev–Trinajstić information content (AvgIpc) is 3.91. The van der Waals surface area contributed by atoms with Gasteiger partial charge in [-0.25, -0.2) is 0 Å². The summed E-state index contributed by atoms with van der Waals surface area (Å²) in [6.07, 6.45) is 0. The molecule has 12 aromatic rings.